The molecule has 0 atom stereocenters. The Labute approximate surface area is 121 Å². The zero-order valence-corrected chi connectivity index (χ0v) is 12.1. The van der Waals surface area contributed by atoms with Crippen LogP contribution in [0.2, 0.25) is 0 Å². The van der Waals surface area contributed by atoms with Gasteiger partial charge < -0.3 is 9.84 Å². The van der Waals surface area contributed by atoms with E-state index in [1.54, 1.807) is 0 Å². The van der Waals surface area contributed by atoms with E-state index >= 15 is 0 Å². The van der Waals surface area contributed by atoms with E-state index in [1.165, 1.54) is 31.4 Å². The predicted molar refractivity (Wildman–Crippen MR) is 78.8 cm³/mol. The summed E-state index contributed by atoms with van der Waals surface area (Å²) in [6.45, 7) is 3.32. The lowest BCUT2D eigenvalue weighted by Crippen LogP contribution is -1.97. The van der Waals surface area contributed by atoms with Crippen LogP contribution in [0.4, 0.5) is 4.39 Å². The first-order valence-electron chi connectivity index (χ1n) is 7.23. The second-order valence-electron chi connectivity index (χ2n) is 4.74. The first-order chi connectivity index (χ1) is 9.76. The molecule has 0 bridgehead atoms. The lowest BCUT2D eigenvalue weighted by molar-refractivity contribution is 0.116. The van der Waals surface area contributed by atoms with Gasteiger partial charge in [0.25, 0.3) is 0 Å². The molecule has 1 aromatic carbocycles. The van der Waals surface area contributed by atoms with Crippen molar-refractivity contribution in [2.24, 2.45) is 0 Å². The lowest BCUT2D eigenvalue weighted by Gasteiger charge is -2.05. The fraction of sp³-hybridized carbons (Fsp3) is 0.529. The summed E-state index contributed by atoms with van der Waals surface area (Å²) in [5, 5.41) is 8.66. The van der Waals surface area contributed by atoms with Crippen LogP contribution < -0.4 is 0 Å². The zero-order valence-electron chi connectivity index (χ0n) is 12.1. The number of unbranched alkanes of at least 4 members (excludes halogenated alkanes) is 3. The van der Waals surface area contributed by atoms with Gasteiger partial charge in [-0.1, -0.05) is 38.0 Å². The van der Waals surface area contributed by atoms with E-state index in [0.717, 1.165) is 12.0 Å². The maximum atomic E-state index is 13.4. The first-order valence-corrected chi connectivity index (χ1v) is 7.23. The third-order valence-electron chi connectivity index (χ3n) is 2.84. The van der Waals surface area contributed by atoms with Gasteiger partial charge in [-0.15, -0.1) is 0 Å². The van der Waals surface area contributed by atoms with E-state index in [-0.39, 0.29) is 12.4 Å². The normalized spacial score (nSPS) is 10.2. The van der Waals surface area contributed by atoms with Gasteiger partial charge >= 0.3 is 0 Å². The molecule has 0 aliphatic rings. The minimum Gasteiger partial charge on any atom is -0.395 e. The number of rotatable bonds is 8. The highest BCUT2D eigenvalue weighted by Crippen LogP contribution is 2.10. The molecule has 0 spiro atoms. The van der Waals surface area contributed by atoms with Crippen molar-refractivity contribution in [1.29, 1.82) is 0 Å². The summed E-state index contributed by atoms with van der Waals surface area (Å²) in [6, 6.07) is 4.71. The molecule has 0 heterocycles. The summed E-state index contributed by atoms with van der Waals surface area (Å²) in [7, 11) is 0. The van der Waals surface area contributed by atoms with Gasteiger partial charge in [0, 0.05) is 18.6 Å². The Kier molecular flexibility index (Phi) is 8.69. The molecule has 0 amide bonds. The molecule has 0 radical (unpaired) electrons. The van der Waals surface area contributed by atoms with E-state index in [2.05, 4.69) is 18.8 Å². The maximum Gasteiger partial charge on any atom is 0.124 e. The SMILES string of the molecule is CCCCCCOCc1cc(F)cc(C#CCCO)c1. The van der Waals surface area contributed by atoms with Crippen molar-refractivity contribution in [1.82, 2.24) is 0 Å². The Morgan fingerprint density at radius 2 is 2.05 bits per heavy atom. The quantitative estimate of drug-likeness (QED) is 0.581. The molecule has 0 saturated heterocycles. The lowest BCUT2D eigenvalue weighted by atomic mass is 10.1. The second-order valence-corrected chi connectivity index (χ2v) is 4.74. The van der Waals surface area contributed by atoms with E-state index in [4.69, 9.17) is 9.84 Å². The minimum absolute atomic E-state index is 0.0239. The molecule has 0 aliphatic carbocycles. The van der Waals surface area contributed by atoms with Crippen LogP contribution in [0.1, 0.15) is 50.2 Å². The van der Waals surface area contributed by atoms with Crippen molar-refractivity contribution >= 4 is 0 Å². The molecule has 1 aromatic rings. The van der Waals surface area contributed by atoms with Crippen LogP contribution in [-0.4, -0.2) is 18.3 Å². The molecule has 0 aliphatic heterocycles. The van der Waals surface area contributed by atoms with E-state index < -0.39 is 0 Å². The third kappa shape index (κ3) is 7.28. The molecule has 0 saturated carbocycles. The Morgan fingerprint density at radius 1 is 1.20 bits per heavy atom. The van der Waals surface area contributed by atoms with Gasteiger partial charge in [-0.3, -0.25) is 0 Å². The fourth-order valence-electron chi connectivity index (χ4n) is 1.85. The Balaban J connectivity index is 2.43. The van der Waals surface area contributed by atoms with Crippen LogP contribution in [0.15, 0.2) is 18.2 Å². The van der Waals surface area contributed by atoms with Crippen molar-refractivity contribution in [2.45, 2.75) is 45.6 Å². The fourth-order valence-corrected chi connectivity index (χ4v) is 1.85. The molecule has 1 rings (SSSR count). The molecule has 2 nitrogen and oxygen atoms in total. The molecule has 20 heavy (non-hydrogen) atoms. The van der Waals surface area contributed by atoms with Crippen LogP contribution >= 0.6 is 0 Å². The van der Waals surface area contributed by atoms with Crippen LogP contribution in [0.25, 0.3) is 0 Å². The molecule has 110 valence electrons. The van der Waals surface area contributed by atoms with Gasteiger partial charge in [-0.2, -0.15) is 0 Å². The average molecular weight is 278 g/mol. The zero-order chi connectivity index (χ0) is 14.6. The molecular formula is C17H23FO2. The minimum atomic E-state index is -0.301. The smallest absolute Gasteiger partial charge is 0.124 e. The van der Waals surface area contributed by atoms with Crippen molar-refractivity contribution in [3.8, 4) is 11.8 Å². The summed E-state index contributed by atoms with van der Waals surface area (Å²) in [5.41, 5.74) is 1.43. The topological polar surface area (TPSA) is 29.5 Å². The Morgan fingerprint density at radius 3 is 2.80 bits per heavy atom. The summed E-state index contributed by atoms with van der Waals surface area (Å²) in [5.74, 6) is 5.33. The van der Waals surface area contributed by atoms with E-state index in [0.29, 0.717) is 25.2 Å². The highest BCUT2D eigenvalue weighted by Gasteiger charge is 2.00. The summed E-state index contributed by atoms with van der Waals surface area (Å²) in [6.07, 6.45) is 5.07. The van der Waals surface area contributed by atoms with Gasteiger partial charge in [-0.25, -0.2) is 4.39 Å². The van der Waals surface area contributed by atoms with Crippen molar-refractivity contribution in [2.75, 3.05) is 13.2 Å². The molecule has 0 fully saturated rings. The van der Waals surface area contributed by atoms with Crippen molar-refractivity contribution < 1.29 is 14.2 Å². The van der Waals surface area contributed by atoms with Gasteiger partial charge in [0.05, 0.1) is 13.2 Å². The molecule has 3 heteroatoms. The van der Waals surface area contributed by atoms with E-state index in [1.807, 2.05) is 6.07 Å². The van der Waals surface area contributed by atoms with Crippen LogP contribution in [0.5, 0.6) is 0 Å². The van der Waals surface area contributed by atoms with Gasteiger partial charge in [-0.05, 0) is 30.2 Å². The van der Waals surface area contributed by atoms with Crippen molar-refractivity contribution in [3.63, 3.8) is 0 Å². The summed E-state index contributed by atoms with van der Waals surface area (Å²) in [4.78, 5) is 0. The van der Waals surface area contributed by atoms with Crippen LogP contribution in [-0.2, 0) is 11.3 Å². The van der Waals surface area contributed by atoms with Crippen LogP contribution in [0.3, 0.4) is 0 Å². The van der Waals surface area contributed by atoms with Gasteiger partial charge in [0.2, 0.25) is 0 Å². The highest BCUT2D eigenvalue weighted by atomic mass is 19.1. The van der Waals surface area contributed by atoms with Gasteiger partial charge in [0.1, 0.15) is 5.82 Å². The molecule has 0 unspecified atom stereocenters. The Bertz CT molecular complexity index is 446. The number of aliphatic hydroxyl groups is 1. The Hall–Kier alpha value is -1.37. The number of benzene rings is 1. The standard InChI is InChI=1S/C17H23FO2/c1-2-3-4-7-10-20-14-16-11-15(8-5-6-9-19)12-17(18)13-16/h11-13,19H,2-4,6-7,9-10,14H2,1H3. The summed E-state index contributed by atoms with van der Waals surface area (Å²) < 4.78 is 19.0. The first kappa shape index (κ1) is 16.7. The maximum absolute atomic E-state index is 13.4. The van der Waals surface area contributed by atoms with Crippen molar-refractivity contribution in [3.05, 3.63) is 35.1 Å². The largest absolute Gasteiger partial charge is 0.395 e. The second kappa shape index (κ2) is 10.4. The highest BCUT2D eigenvalue weighted by molar-refractivity contribution is 5.37. The third-order valence-corrected chi connectivity index (χ3v) is 2.84. The number of halogens is 1. The number of ether oxygens (including phenoxy) is 1. The molecule has 0 aromatic heterocycles. The van der Waals surface area contributed by atoms with E-state index in [9.17, 15) is 4.39 Å². The molecule has 1 N–H and O–H groups in total. The predicted octanol–water partition coefficient (Wildman–Crippen LogP) is 3.66. The monoisotopic (exact) mass is 278 g/mol. The van der Waals surface area contributed by atoms with Crippen LogP contribution in [0, 0.1) is 17.7 Å². The average Bonchev–Trinajstić information content (AvgIpc) is 2.42. The van der Waals surface area contributed by atoms with Gasteiger partial charge in [0.15, 0.2) is 0 Å². The number of hydrogen-bond donors (Lipinski definition) is 1. The number of hydrogen-bond acceptors (Lipinski definition) is 2. The number of aliphatic hydroxyl groups excluding tert-OH is 1. The summed E-state index contributed by atoms with van der Waals surface area (Å²) >= 11 is 0. The molecular weight excluding hydrogens is 255 g/mol.